The summed E-state index contributed by atoms with van der Waals surface area (Å²) in [7, 11) is 0. The Labute approximate surface area is 167 Å². The number of aliphatic hydroxyl groups excluding tert-OH is 1. The molecule has 2 aliphatic rings. The summed E-state index contributed by atoms with van der Waals surface area (Å²) >= 11 is 0. The number of amides is 1. The molecule has 2 atom stereocenters. The highest BCUT2D eigenvalue weighted by Gasteiger charge is 2.26. The van der Waals surface area contributed by atoms with Crippen LogP contribution in [-0.4, -0.2) is 54.6 Å². The molecule has 1 aromatic heterocycles. The maximum atomic E-state index is 13.2. The van der Waals surface area contributed by atoms with Crippen LogP contribution in [0.25, 0.3) is 0 Å². The lowest BCUT2D eigenvalue weighted by molar-refractivity contribution is -0.124. The summed E-state index contributed by atoms with van der Waals surface area (Å²) in [6.07, 6.45) is 0.416. The molecule has 29 heavy (non-hydrogen) atoms. The van der Waals surface area contributed by atoms with E-state index in [1.54, 1.807) is 12.1 Å². The van der Waals surface area contributed by atoms with Gasteiger partial charge in [0, 0.05) is 18.6 Å². The molecule has 2 aliphatic heterocycles. The van der Waals surface area contributed by atoms with Crippen LogP contribution in [0.5, 0.6) is 11.6 Å². The molecule has 0 aliphatic carbocycles. The van der Waals surface area contributed by atoms with Crippen molar-refractivity contribution >= 4 is 5.91 Å². The van der Waals surface area contributed by atoms with Gasteiger partial charge < -0.3 is 24.6 Å². The molecule has 3 heterocycles. The number of halogens is 1. The van der Waals surface area contributed by atoms with Gasteiger partial charge in [-0.2, -0.15) is 0 Å². The van der Waals surface area contributed by atoms with Gasteiger partial charge in [-0.15, -0.1) is 0 Å². The highest BCUT2D eigenvalue weighted by Crippen LogP contribution is 2.34. The Morgan fingerprint density at radius 3 is 2.79 bits per heavy atom. The van der Waals surface area contributed by atoms with Gasteiger partial charge in [-0.3, -0.25) is 4.79 Å². The van der Waals surface area contributed by atoms with Crippen LogP contribution in [-0.2, 0) is 22.4 Å². The lowest BCUT2D eigenvalue weighted by Gasteiger charge is -2.28. The standard InChI is InChI=1S/C21H23FN2O5/c22-15-3-1-13(2-4-15)9-14-10-16(23-21-20(14)28-7-8-29-21)11-19(26)24-17-12-27-6-5-18(17)25/h1-4,10,17-18,25H,5-9,11-12H2,(H,24,26)/t17-,18+/m1/s1. The largest absolute Gasteiger partial charge is 0.484 e. The third-order valence-electron chi connectivity index (χ3n) is 4.96. The smallest absolute Gasteiger partial charge is 0.257 e. The summed E-state index contributed by atoms with van der Waals surface area (Å²) in [6.45, 7) is 1.59. The maximum absolute atomic E-state index is 13.2. The van der Waals surface area contributed by atoms with E-state index >= 15 is 0 Å². The molecule has 7 nitrogen and oxygen atoms in total. The molecule has 1 saturated heterocycles. The fourth-order valence-corrected chi connectivity index (χ4v) is 3.48. The van der Waals surface area contributed by atoms with Gasteiger partial charge in [-0.25, -0.2) is 9.37 Å². The zero-order valence-corrected chi connectivity index (χ0v) is 15.9. The molecule has 1 fully saturated rings. The first kappa shape index (κ1) is 19.6. The predicted octanol–water partition coefficient (Wildman–Crippen LogP) is 1.39. The van der Waals surface area contributed by atoms with Crippen molar-refractivity contribution in [2.24, 2.45) is 0 Å². The Morgan fingerprint density at radius 2 is 2.00 bits per heavy atom. The van der Waals surface area contributed by atoms with Crippen LogP contribution < -0.4 is 14.8 Å². The molecule has 0 bridgehead atoms. The first-order valence-electron chi connectivity index (χ1n) is 9.66. The fourth-order valence-electron chi connectivity index (χ4n) is 3.48. The highest BCUT2D eigenvalue weighted by molar-refractivity contribution is 5.78. The van der Waals surface area contributed by atoms with E-state index in [0.29, 0.717) is 50.0 Å². The van der Waals surface area contributed by atoms with Crippen LogP contribution >= 0.6 is 0 Å². The van der Waals surface area contributed by atoms with Gasteiger partial charge in [-0.05, 0) is 30.2 Å². The van der Waals surface area contributed by atoms with E-state index in [0.717, 1.165) is 11.1 Å². The summed E-state index contributed by atoms with van der Waals surface area (Å²) in [5.41, 5.74) is 2.27. The number of hydrogen-bond donors (Lipinski definition) is 2. The molecule has 1 amide bonds. The van der Waals surface area contributed by atoms with Crippen molar-refractivity contribution in [3.05, 3.63) is 53.0 Å². The van der Waals surface area contributed by atoms with Gasteiger partial charge in [0.2, 0.25) is 5.91 Å². The van der Waals surface area contributed by atoms with E-state index in [1.807, 2.05) is 6.07 Å². The minimum Gasteiger partial charge on any atom is -0.484 e. The summed E-state index contributed by atoms with van der Waals surface area (Å²) in [4.78, 5) is 16.9. The van der Waals surface area contributed by atoms with Crippen LogP contribution in [0, 0.1) is 5.82 Å². The molecule has 1 aromatic carbocycles. The number of aliphatic hydroxyl groups is 1. The molecular weight excluding hydrogens is 379 g/mol. The normalized spacial score (nSPS) is 20.9. The Kier molecular flexibility index (Phi) is 5.92. The van der Waals surface area contributed by atoms with Gasteiger partial charge in [0.1, 0.15) is 19.0 Å². The number of rotatable bonds is 5. The van der Waals surface area contributed by atoms with E-state index in [2.05, 4.69) is 10.3 Å². The summed E-state index contributed by atoms with van der Waals surface area (Å²) < 4.78 is 29.9. The summed E-state index contributed by atoms with van der Waals surface area (Å²) in [6, 6.07) is 7.63. The van der Waals surface area contributed by atoms with E-state index < -0.39 is 12.1 Å². The number of ether oxygens (including phenoxy) is 3. The van der Waals surface area contributed by atoms with Gasteiger partial charge >= 0.3 is 0 Å². The van der Waals surface area contributed by atoms with E-state index in [9.17, 15) is 14.3 Å². The Morgan fingerprint density at radius 1 is 1.21 bits per heavy atom. The van der Waals surface area contributed by atoms with Gasteiger partial charge in [0.05, 0.1) is 30.9 Å². The number of carbonyl (C=O) groups is 1. The SMILES string of the molecule is O=C(Cc1cc(Cc2ccc(F)cc2)c2c(n1)OCCO2)N[C@@H]1COCC[C@@H]1O. The Hall–Kier alpha value is -2.71. The molecular formula is C21H23FN2O5. The van der Waals surface area contributed by atoms with Crippen LogP contribution in [0.4, 0.5) is 4.39 Å². The molecule has 0 saturated carbocycles. The van der Waals surface area contributed by atoms with Crippen LogP contribution in [0.1, 0.15) is 23.2 Å². The molecule has 0 unspecified atom stereocenters. The number of hydrogen-bond acceptors (Lipinski definition) is 6. The first-order valence-corrected chi connectivity index (χ1v) is 9.66. The van der Waals surface area contributed by atoms with Crippen molar-refractivity contribution in [1.82, 2.24) is 10.3 Å². The monoisotopic (exact) mass is 402 g/mol. The number of carbonyl (C=O) groups excluding carboxylic acids is 1. The van der Waals surface area contributed by atoms with Gasteiger partial charge in [0.25, 0.3) is 5.88 Å². The second-order valence-corrected chi connectivity index (χ2v) is 7.19. The zero-order valence-electron chi connectivity index (χ0n) is 15.9. The van der Waals surface area contributed by atoms with Crippen molar-refractivity contribution in [3.63, 3.8) is 0 Å². The molecule has 4 rings (SSSR count). The molecule has 0 spiro atoms. The van der Waals surface area contributed by atoms with Crippen molar-refractivity contribution in [2.45, 2.75) is 31.4 Å². The van der Waals surface area contributed by atoms with E-state index in [1.165, 1.54) is 12.1 Å². The van der Waals surface area contributed by atoms with Gasteiger partial charge in [-0.1, -0.05) is 12.1 Å². The van der Waals surface area contributed by atoms with Crippen molar-refractivity contribution in [3.8, 4) is 11.6 Å². The first-order chi connectivity index (χ1) is 14.1. The van der Waals surface area contributed by atoms with Crippen LogP contribution in [0.15, 0.2) is 30.3 Å². The summed E-state index contributed by atoms with van der Waals surface area (Å²) in [5.74, 6) is 0.369. The lowest BCUT2D eigenvalue weighted by atomic mass is 10.0. The fraction of sp³-hybridized carbons (Fsp3) is 0.429. The maximum Gasteiger partial charge on any atom is 0.257 e. The molecule has 154 valence electrons. The average molecular weight is 402 g/mol. The number of aromatic nitrogens is 1. The minimum absolute atomic E-state index is 0.0380. The second-order valence-electron chi connectivity index (χ2n) is 7.19. The molecule has 2 aromatic rings. The molecule has 2 N–H and O–H groups in total. The third-order valence-corrected chi connectivity index (χ3v) is 4.96. The van der Waals surface area contributed by atoms with E-state index in [4.69, 9.17) is 14.2 Å². The Balaban J connectivity index is 1.52. The van der Waals surface area contributed by atoms with Crippen molar-refractivity contribution in [1.29, 1.82) is 0 Å². The number of fused-ring (bicyclic) bond motifs is 1. The van der Waals surface area contributed by atoms with Crippen LogP contribution in [0.3, 0.4) is 0 Å². The lowest BCUT2D eigenvalue weighted by Crippen LogP contribution is -2.49. The van der Waals surface area contributed by atoms with Crippen LogP contribution in [0.2, 0.25) is 0 Å². The van der Waals surface area contributed by atoms with E-state index in [-0.39, 0.29) is 24.8 Å². The van der Waals surface area contributed by atoms with Crippen molar-refractivity contribution < 1.29 is 28.5 Å². The summed E-state index contributed by atoms with van der Waals surface area (Å²) in [5, 5.41) is 12.8. The van der Waals surface area contributed by atoms with Gasteiger partial charge in [0.15, 0.2) is 5.75 Å². The Bertz CT molecular complexity index is 874. The minimum atomic E-state index is -0.616. The number of pyridine rings is 1. The quantitative estimate of drug-likeness (QED) is 0.786. The van der Waals surface area contributed by atoms with Crippen molar-refractivity contribution in [2.75, 3.05) is 26.4 Å². The number of benzene rings is 1. The third kappa shape index (κ3) is 4.83. The predicted molar refractivity (Wildman–Crippen MR) is 102 cm³/mol. The average Bonchev–Trinajstić information content (AvgIpc) is 2.71. The number of nitrogens with one attached hydrogen (secondary N) is 1. The highest BCUT2D eigenvalue weighted by atomic mass is 19.1. The number of nitrogens with zero attached hydrogens (tertiary/aromatic N) is 1. The molecule has 8 heteroatoms. The molecule has 0 radical (unpaired) electrons. The zero-order chi connectivity index (χ0) is 20.2. The topological polar surface area (TPSA) is 89.9 Å². The second kappa shape index (κ2) is 8.75.